The van der Waals surface area contributed by atoms with E-state index in [1.165, 1.54) is 0 Å². The molecular weight excluding hydrogens is 314 g/mol. The van der Waals surface area contributed by atoms with Gasteiger partial charge in [-0.1, -0.05) is 50.6 Å². The lowest BCUT2D eigenvalue weighted by Gasteiger charge is -2.18. The molecule has 132 valence electrons. The van der Waals surface area contributed by atoms with Gasteiger partial charge in [-0.05, 0) is 42.7 Å². The minimum atomic E-state index is -0.653. The average Bonchev–Trinajstić information content (AvgIpc) is 2.66. The standard InChI is InChI=1S/C21H25NO3/c1-3-5-10-16-11-9-14-18(15-16)21(24)25-19(4-2)22-20(23)17-12-7-6-8-13-17/h6-9,11-15,19H,3-5,10H2,1-2H3,(H,22,23). The van der Waals surface area contributed by atoms with Crippen molar-refractivity contribution in [3.63, 3.8) is 0 Å². The van der Waals surface area contributed by atoms with Crippen LogP contribution in [-0.4, -0.2) is 18.1 Å². The van der Waals surface area contributed by atoms with E-state index in [1.807, 2.05) is 31.2 Å². The summed E-state index contributed by atoms with van der Waals surface area (Å²) in [6.07, 6.45) is 2.99. The van der Waals surface area contributed by atoms with E-state index in [9.17, 15) is 9.59 Å². The Labute approximate surface area is 149 Å². The minimum Gasteiger partial charge on any atom is -0.438 e. The normalized spacial score (nSPS) is 11.6. The fourth-order valence-corrected chi connectivity index (χ4v) is 2.47. The fourth-order valence-electron chi connectivity index (χ4n) is 2.47. The van der Waals surface area contributed by atoms with Crippen LogP contribution in [-0.2, 0) is 11.2 Å². The van der Waals surface area contributed by atoms with Crippen molar-refractivity contribution in [2.24, 2.45) is 0 Å². The molecule has 0 saturated carbocycles. The Kier molecular flexibility index (Phi) is 7.20. The maximum absolute atomic E-state index is 12.4. The molecule has 2 rings (SSSR count). The fraction of sp³-hybridized carbons (Fsp3) is 0.333. The van der Waals surface area contributed by atoms with Gasteiger partial charge in [0.1, 0.15) is 0 Å². The number of carbonyl (C=O) groups excluding carboxylic acids is 2. The van der Waals surface area contributed by atoms with Gasteiger partial charge in [0, 0.05) is 12.0 Å². The van der Waals surface area contributed by atoms with Crippen LogP contribution < -0.4 is 5.32 Å². The smallest absolute Gasteiger partial charge is 0.340 e. The zero-order valence-electron chi connectivity index (χ0n) is 14.8. The van der Waals surface area contributed by atoms with Crippen LogP contribution in [0, 0.1) is 0 Å². The van der Waals surface area contributed by atoms with E-state index >= 15 is 0 Å². The monoisotopic (exact) mass is 339 g/mol. The van der Waals surface area contributed by atoms with Crippen LogP contribution >= 0.6 is 0 Å². The van der Waals surface area contributed by atoms with Gasteiger partial charge < -0.3 is 10.1 Å². The molecule has 0 saturated heterocycles. The first-order valence-electron chi connectivity index (χ1n) is 8.79. The van der Waals surface area contributed by atoms with Crippen LogP contribution in [0.4, 0.5) is 0 Å². The highest BCUT2D eigenvalue weighted by atomic mass is 16.6. The van der Waals surface area contributed by atoms with E-state index in [4.69, 9.17) is 4.74 Å². The quantitative estimate of drug-likeness (QED) is 0.574. The van der Waals surface area contributed by atoms with Crippen LogP contribution in [0.3, 0.4) is 0 Å². The molecule has 2 aromatic rings. The second-order valence-corrected chi connectivity index (χ2v) is 5.95. The van der Waals surface area contributed by atoms with Gasteiger partial charge in [0.15, 0.2) is 6.23 Å². The van der Waals surface area contributed by atoms with Crippen molar-refractivity contribution in [2.75, 3.05) is 0 Å². The first-order valence-corrected chi connectivity index (χ1v) is 8.79. The summed E-state index contributed by atoms with van der Waals surface area (Å²) in [7, 11) is 0. The Morgan fingerprint density at radius 1 is 1.00 bits per heavy atom. The van der Waals surface area contributed by atoms with Gasteiger partial charge in [0.25, 0.3) is 5.91 Å². The van der Waals surface area contributed by atoms with Gasteiger partial charge >= 0.3 is 5.97 Å². The van der Waals surface area contributed by atoms with E-state index in [0.29, 0.717) is 17.5 Å². The van der Waals surface area contributed by atoms with Crippen LogP contribution in [0.25, 0.3) is 0 Å². The van der Waals surface area contributed by atoms with E-state index in [1.54, 1.807) is 30.3 Å². The maximum Gasteiger partial charge on any atom is 0.340 e. The third-order valence-electron chi connectivity index (χ3n) is 3.93. The number of nitrogens with one attached hydrogen (secondary N) is 1. The highest BCUT2D eigenvalue weighted by Crippen LogP contribution is 2.11. The summed E-state index contributed by atoms with van der Waals surface area (Å²) in [6, 6.07) is 16.4. The molecule has 0 aromatic heterocycles. The molecule has 4 nitrogen and oxygen atoms in total. The molecule has 1 N–H and O–H groups in total. The van der Waals surface area contributed by atoms with Gasteiger partial charge in [-0.2, -0.15) is 0 Å². The number of unbranched alkanes of at least 4 members (excludes halogenated alkanes) is 1. The number of rotatable bonds is 8. The van der Waals surface area contributed by atoms with Gasteiger partial charge in [-0.15, -0.1) is 0 Å². The molecule has 0 aliphatic carbocycles. The van der Waals surface area contributed by atoms with E-state index in [0.717, 1.165) is 24.8 Å². The predicted octanol–water partition coefficient (Wildman–Crippen LogP) is 4.35. The third kappa shape index (κ3) is 5.75. The lowest BCUT2D eigenvalue weighted by molar-refractivity contribution is 0.0206. The first kappa shape index (κ1) is 18.7. The van der Waals surface area contributed by atoms with E-state index in [-0.39, 0.29) is 5.91 Å². The maximum atomic E-state index is 12.4. The van der Waals surface area contributed by atoms with Gasteiger partial charge in [0.2, 0.25) is 0 Å². The molecule has 0 fully saturated rings. The number of aryl methyl sites for hydroxylation is 1. The van der Waals surface area contributed by atoms with E-state index in [2.05, 4.69) is 12.2 Å². The van der Waals surface area contributed by atoms with Crippen molar-refractivity contribution < 1.29 is 14.3 Å². The third-order valence-corrected chi connectivity index (χ3v) is 3.93. The molecule has 1 unspecified atom stereocenters. The Morgan fingerprint density at radius 2 is 1.72 bits per heavy atom. The summed E-state index contributed by atoms with van der Waals surface area (Å²) in [5, 5.41) is 2.75. The highest BCUT2D eigenvalue weighted by molar-refractivity contribution is 5.94. The topological polar surface area (TPSA) is 55.4 Å². The molecular formula is C21H25NO3. The number of ether oxygens (including phenoxy) is 1. The summed E-state index contributed by atoms with van der Waals surface area (Å²) < 4.78 is 5.47. The molecule has 2 aromatic carbocycles. The zero-order chi connectivity index (χ0) is 18.1. The number of carbonyl (C=O) groups is 2. The summed E-state index contributed by atoms with van der Waals surface area (Å²) >= 11 is 0. The SMILES string of the molecule is CCCCc1cccc(C(=O)OC(CC)NC(=O)c2ccccc2)c1. The van der Waals surface area contributed by atoms with Crippen molar-refractivity contribution in [3.8, 4) is 0 Å². The van der Waals surface area contributed by atoms with Gasteiger partial charge in [-0.25, -0.2) is 4.79 Å². The van der Waals surface area contributed by atoms with Crippen LogP contribution in [0.2, 0.25) is 0 Å². The number of benzene rings is 2. The Balaban J connectivity index is 1.98. The molecule has 0 aliphatic rings. The molecule has 1 amide bonds. The number of amides is 1. The predicted molar refractivity (Wildman–Crippen MR) is 98.5 cm³/mol. The minimum absolute atomic E-state index is 0.253. The van der Waals surface area contributed by atoms with Crippen molar-refractivity contribution in [3.05, 3.63) is 71.3 Å². The van der Waals surface area contributed by atoms with Crippen molar-refractivity contribution in [1.29, 1.82) is 0 Å². The van der Waals surface area contributed by atoms with Crippen LogP contribution in [0.15, 0.2) is 54.6 Å². The van der Waals surface area contributed by atoms with Crippen LogP contribution in [0.1, 0.15) is 59.4 Å². The lowest BCUT2D eigenvalue weighted by Crippen LogP contribution is -2.38. The number of hydrogen-bond donors (Lipinski definition) is 1. The average molecular weight is 339 g/mol. The summed E-state index contributed by atoms with van der Waals surface area (Å²) in [4.78, 5) is 24.6. The van der Waals surface area contributed by atoms with Gasteiger partial charge in [-0.3, -0.25) is 4.79 Å². The first-order chi connectivity index (χ1) is 12.1. The lowest BCUT2D eigenvalue weighted by atomic mass is 10.1. The number of esters is 1. The van der Waals surface area contributed by atoms with E-state index < -0.39 is 12.2 Å². The molecule has 0 aliphatic heterocycles. The molecule has 0 bridgehead atoms. The van der Waals surface area contributed by atoms with Crippen molar-refractivity contribution in [1.82, 2.24) is 5.32 Å². The summed E-state index contributed by atoms with van der Waals surface area (Å²) in [6.45, 7) is 4.00. The highest BCUT2D eigenvalue weighted by Gasteiger charge is 2.17. The Bertz CT molecular complexity index is 697. The largest absolute Gasteiger partial charge is 0.438 e. The number of hydrogen-bond acceptors (Lipinski definition) is 3. The molecule has 0 spiro atoms. The second-order valence-electron chi connectivity index (χ2n) is 5.95. The molecule has 25 heavy (non-hydrogen) atoms. The zero-order valence-corrected chi connectivity index (χ0v) is 14.8. The Morgan fingerprint density at radius 3 is 2.40 bits per heavy atom. The van der Waals surface area contributed by atoms with Crippen LogP contribution in [0.5, 0.6) is 0 Å². The Hall–Kier alpha value is -2.62. The van der Waals surface area contributed by atoms with Crippen molar-refractivity contribution in [2.45, 2.75) is 45.8 Å². The molecule has 0 heterocycles. The summed E-state index contributed by atoms with van der Waals surface area (Å²) in [5.41, 5.74) is 2.18. The molecule has 1 atom stereocenters. The molecule has 0 radical (unpaired) electrons. The second kappa shape index (κ2) is 9.62. The summed E-state index contributed by atoms with van der Waals surface area (Å²) in [5.74, 6) is -0.671. The van der Waals surface area contributed by atoms with Crippen molar-refractivity contribution >= 4 is 11.9 Å². The molecule has 4 heteroatoms. The van der Waals surface area contributed by atoms with Gasteiger partial charge in [0.05, 0.1) is 5.56 Å².